The maximum atomic E-state index is 12.5. The molecule has 1 amide bonds. The Balaban J connectivity index is 1.64. The highest BCUT2D eigenvalue weighted by Gasteiger charge is 2.15. The molecule has 0 aliphatic carbocycles. The van der Waals surface area contributed by atoms with Crippen LogP contribution in [0, 0.1) is 12.8 Å². The molecule has 0 aliphatic rings. The van der Waals surface area contributed by atoms with E-state index in [1.165, 1.54) is 11.8 Å². The van der Waals surface area contributed by atoms with E-state index in [-0.39, 0.29) is 18.4 Å². The lowest BCUT2D eigenvalue weighted by Gasteiger charge is -2.15. The number of hydrogen-bond donors (Lipinski definition) is 2. The Kier molecular flexibility index (Phi) is 6.04. The van der Waals surface area contributed by atoms with Crippen molar-refractivity contribution in [1.82, 2.24) is 20.3 Å². The highest BCUT2D eigenvalue weighted by molar-refractivity contribution is 7.07. The van der Waals surface area contributed by atoms with Gasteiger partial charge in [-0.05, 0) is 47.9 Å². The van der Waals surface area contributed by atoms with Gasteiger partial charge in [0.25, 0.3) is 5.91 Å². The quantitative estimate of drug-likeness (QED) is 0.669. The maximum Gasteiger partial charge on any atom is 0.254 e. The third-order valence-corrected chi connectivity index (χ3v) is 4.79. The second-order valence-corrected chi connectivity index (χ2v) is 6.81. The summed E-state index contributed by atoms with van der Waals surface area (Å²) in [4.78, 5) is 25.2. The van der Waals surface area contributed by atoms with Crippen molar-refractivity contribution in [1.29, 1.82) is 0 Å². The lowest BCUT2D eigenvalue weighted by Crippen LogP contribution is -2.32. The molecule has 0 aliphatic heterocycles. The number of carbonyl (C=O) groups excluding carboxylic acids is 1. The average Bonchev–Trinajstić information content (AvgIpc) is 3.18. The molecule has 0 unspecified atom stereocenters. The summed E-state index contributed by atoms with van der Waals surface area (Å²) < 4.78 is 0. The van der Waals surface area contributed by atoms with Crippen molar-refractivity contribution in [2.75, 3.05) is 13.2 Å². The molecule has 0 spiro atoms. The van der Waals surface area contributed by atoms with E-state index in [9.17, 15) is 9.90 Å². The minimum atomic E-state index is -0.232. The Bertz CT molecular complexity index is 853. The first kappa shape index (κ1) is 18.2. The number of aryl methyl sites for hydroxylation is 1. The number of nitrogens with zero attached hydrogens (tertiary/aromatic N) is 3. The number of thiophene rings is 1. The van der Waals surface area contributed by atoms with Gasteiger partial charge in [-0.3, -0.25) is 9.78 Å². The SMILES string of the molecule is Cc1nc(-c2cccnc2)ncc1C(=O)NC[C@@H](CO)Cc1ccsc1. The van der Waals surface area contributed by atoms with Crippen molar-refractivity contribution < 1.29 is 9.90 Å². The van der Waals surface area contributed by atoms with Gasteiger partial charge in [-0.15, -0.1) is 0 Å². The van der Waals surface area contributed by atoms with Crippen molar-refractivity contribution >= 4 is 17.2 Å². The smallest absolute Gasteiger partial charge is 0.254 e. The predicted molar refractivity (Wildman–Crippen MR) is 101 cm³/mol. The molecule has 1 atom stereocenters. The van der Waals surface area contributed by atoms with Gasteiger partial charge >= 0.3 is 0 Å². The van der Waals surface area contributed by atoms with Gasteiger partial charge in [0.05, 0.1) is 11.3 Å². The number of aliphatic hydroxyl groups excluding tert-OH is 1. The summed E-state index contributed by atoms with van der Waals surface area (Å²) in [5.41, 5.74) is 3.02. The van der Waals surface area contributed by atoms with Crippen LogP contribution in [0.4, 0.5) is 0 Å². The van der Waals surface area contributed by atoms with Crippen LogP contribution < -0.4 is 5.32 Å². The van der Waals surface area contributed by atoms with E-state index in [1.54, 1.807) is 30.7 Å². The van der Waals surface area contributed by atoms with Gasteiger partial charge in [0, 0.05) is 43.2 Å². The number of pyridine rings is 1. The van der Waals surface area contributed by atoms with Crippen molar-refractivity contribution in [2.24, 2.45) is 5.92 Å². The van der Waals surface area contributed by atoms with E-state index < -0.39 is 0 Å². The van der Waals surface area contributed by atoms with E-state index in [0.29, 0.717) is 23.6 Å². The third-order valence-electron chi connectivity index (χ3n) is 4.06. The molecule has 7 heteroatoms. The van der Waals surface area contributed by atoms with E-state index >= 15 is 0 Å². The fourth-order valence-electron chi connectivity index (χ4n) is 2.60. The van der Waals surface area contributed by atoms with E-state index in [1.807, 2.05) is 23.6 Å². The van der Waals surface area contributed by atoms with Crippen LogP contribution in [0.25, 0.3) is 11.4 Å². The molecule has 3 aromatic heterocycles. The zero-order valence-electron chi connectivity index (χ0n) is 14.4. The maximum absolute atomic E-state index is 12.5. The number of aromatic nitrogens is 3. The van der Waals surface area contributed by atoms with Crippen LogP contribution >= 0.6 is 11.3 Å². The van der Waals surface area contributed by atoms with Crippen LogP contribution in [0.3, 0.4) is 0 Å². The van der Waals surface area contributed by atoms with Crippen molar-refractivity contribution in [3.8, 4) is 11.4 Å². The van der Waals surface area contributed by atoms with E-state index in [4.69, 9.17) is 0 Å². The minimum absolute atomic E-state index is 0.0194. The predicted octanol–water partition coefficient (Wildman–Crippen LogP) is 2.49. The summed E-state index contributed by atoms with van der Waals surface area (Å²) in [7, 11) is 0. The molecule has 0 bridgehead atoms. The molecule has 0 fully saturated rings. The minimum Gasteiger partial charge on any atom is -0.396 e. The largest absolute Gasteiger partial charge is 0.396 e. The molecule has 3 rings (SSSR count). The number of amides is 1. The Labute approximate surface area is 156 Å². The van der Waals surface area contributed by atoms with Gasteiger partial charge in [0.2, 0.25) is 0 Å². The highest BCUT2D eigenvalue weighted by atomic mass is 32.1. The summed E-state index contributed by atoms with van der Waals surface area (Å²) >= 11 is 1.62. The molecule has 6 nitrogen and oxygen atoms in total. The van der Waals surface area contributed by atoms with Gasteiger partial charge < -0.3 is 10.4 Å². The molecule has 134 valence electrons. The molecule has 0 saturated heterocycles. The summed E-state index contributed by atoms with van der Waals surface area (Å²) in [6, 6.07) is 5.72. The number of carbonyl (C=O) groups is 1. The van der Waals surface area contributed by atoms with Crippen LogP contribution in [0.2, 0.25) is 0 Å². The Hall–Kier alpha value is -2.64. The summed E-state index contributed by atoms with van der Waals surface area (Å²) in [5, 5.41) is 16.5. The van der Waals surface area contributed by atoms with Gasteiger partial charge in [0.15, 0.2) is 5.82 Å². The third kappa shape index (κ3) is 4.50. The van der Waals surface area contributed by atoms with E-state index in [0.717, 1.165) is 12.0 Å². The number of hydrogen-bond acceptors (Lipinski definition) is 6. The zero-order valence-corrected chi connectivity index (χ0v) is 15.2. The first-order chi connectivity index (χ1) is 12.7. The first-order valence-electron chi connectivity index (χ1n) is 8.31. The highest BCUT2D eigenvalue weighted by Crippen LogP contribution is 2.15. The van der Waals surface area contributed by atoms with Crippen LogP contribution in [-0.4, -0.2) is 39.1 Å². The van der Waals surface area contributed by atoms with Gasteiger partial charge in [-0.2, -0.15) is 11.3 Å². The van der Waals surface area contributed by atoms with Crippen molar-refractivity contribution in [2.45, 2.75) is 13.3 Å². The Morgan fingerprint density at radius 2 is 2.23 bits per heavy atom. The van der Waals surface area contributed by atoms with Crippen molar-refractivity contribution in [3.63, 3.8) is 0 Å². The zero-order chi connectivity index (χ0) is 18.4. The topological polar surface area (TPSA) is 88.0 Å². The molecule has 2 N–H and O–H groups in total. The molecule has 0 radical (unpaired) electrons. The molecule has 0 saturated carbocycles. The van der Waals surface area contributed by atoms with Gasteiger partial charge in [0.1, 0.15) is 0 Å². The molecular formula is C19H20N4O2S. The van der Waals surface area contributed by atoms with Crippen molar-refractivity contribution in [3.05, 3.63) is 64.4 Å². The fraction of sp³-hybridized carbons (Fsp3) is 0.263. The standard InChI is InChI=1S/C19H20N4O2S/c1-13-17(10-21-18(23-13)16-3-2-5-20-9-16)19(25)22-8-15(11-24)7-14-4-6-26-12-14/h2-6,9-10,12,15,24H,7-8,11H2,1H3,(H,22,25)/t15-/m0/s1. The molecule has 3 aromatic rings. The monoisotopic (exact) mass is 368 g/mol. The van der Waals surface area contributed by atoms with Crippen LogP contribution in [0.1, 0.15) is 21.6 Å². The van der Waals surface area contributed by atoms with Gasteiger partial charge in [-0.25, -0.2) is 9.97 Å². The lowest BCUT2D eigenvalue weighted by molar-refractivity contribution is 0.0938. The van der Waals surface area contributed by atoms with Gasteiger partial charge in [-0.1, -0.05) is 0 Å². The summed E-state index contributed by atoms with van der Waals surface area (Å²) in [5.74, 6) is 0.284. The van der Waals surface area contributed by atoms with Crippen LogP contribution in [0.5, 0.6) is 0 Å². The Morgan fingerprint density at radius 3 is 2.88 bits per heavy atom. The molecule has 26 heavy (non-hydrogen) atoms. The van der Waals surface area contributed by atoms with E-state index in [2.05, 4.69) is 25.6 Å². The summed E-state index contributed by atoms with van der Waals surface area (Å²) in [6.45, 7) is 2.20. The van der Waals surface area contributed by atoms with Crippen LogP contribution in [0.15, 0.2) is 47.5 Å². The second-order valence-electron chi connectivity index (χ2n) is 6.03. The number of aliphatic hydroxyl groups is 1. The fourth-order valence-corrected chi connectivity index (χ4v) is 3.28. The normalized spacial score (nSPS) is 11.9. The first-order valence-corrected chi connectivity index (χ1v) is 9.26. The molecular weight excluding hydrogens is 348 g/mol. The lowest BCUT2D eigenvalue weighted by atomic mass is 10.0. The molecule has 0 aromatic carbocycles. The number of nitrogens with one attached hydrogen (secondary N) is 1. The average molecular weight is 368 g/mol. The van der Waals surface area contributed by atoms with Crippen LogP contribution in [-0.2, 0) is 6.42 Å². The summed E-state index contributed by atoms with van der Waals surface area (Å²) in [6.07, 6.45) is 5.64. The Morgan fingerprint density at radius 1 is 1.35 bits per heavy atom. The second kappa shape index (κ2) is 8.64. The molecule has 3 heterocycles. The number of rotatable bonds is 7.